The molecule has 0 radical (unpaired) electrons. The van der Waals surface area contributed by atoms with Crippen molar-refractivity contribution in [3.63, 3.8) is 0 Å². The lowest BCUT2D eigenvalue weighted by Crippen LogP contribution is -2.32. The highest BCUT2D eigenvalue weighted by atomic mass is 32.1. The highest BCUT2D eigenvalue weighted by Gasteiger charge is 2.15. The van der Waals surface area contributed by atoms with E-state index in [-0.39, 0.29) is 17.9 Å². The Labute approximate surface area is 174 Å². The van der Waals surface area contributed by atoms with E-state index in [2.05, 4.69) is 34.3 Å². The van der Waals surface area contributed by atoms with Crippen molar-refractivity contribution in [1.29, 1.82) is 0 Å². The zero-order chi connectivity index (χ0) is 20.2. The third-order valence-corrected chi connectivity index (χ3v) is 6.37. The Hall–Kier alpha value is -2.51. The van der Waals surface area contributed by atoms with Gasteiger partial charge in [0.15, 0.2) is 0 Å². The molecule has 1 aliphatic heterocycles. The molecule has 4 rings (SSSR count). The minimum absolute atomic E-state index is 0.0968. The first-order valence-electron chi connectivity index (χ1n) is 10.1. The van der Waals surface area contributed by atoms with Crippen LogP contribution >= 0.6 is 11.3 Å². The van der Waals surface area contributed by atoms with Gasteiger partial charge in [0, 0.05) is 25.2 Å². The minimum Gasteiger partial charge on any atom is -0.326 e. The van der Waals surface area contributed by atoms with E-state index < -0.39 is 0 Å². The summed E-state index contributed by atoms with van der Waals surface area (Å²) in [7, 11) is 0. The molecule has 1 aromatic carbocycles. The number of piperidine rings is 1. The molecule has 0 aliphatic carbocycles. The zero-order valence-electron chi connectivity index (χ0n) is 16.6. The second-order valence-electron chi connectivity index (χ2n) is 7.84. The van der Waals surface area contributed by atoms with E-state index in [9.17, 15) is 9.59 Å². The van der Waals surface area contributed by atoms with Gasteiger partial charge in [-0.2, -0.15) is 0 Å². The van der Waals surface area contributed by atoms with Gasteiger partial charge in [-0.1, -0.05) is 19.1 Å². The number of nitrogens with one attached hydrogen (secondary N) is 1. The van der Waals surface area contributed by atoms with E-state index in [0.717, 1.165) is 36.1 Å². The van der Waals surface area contributed by atoms with E-state index in [4.69, 9.17) is 0 Å². The lowest BCUT2D eigenvalue weighted by Gasteiger charge is -2.30. The summed E-state index contributed by atoms with van der Waals surface area (Å²) < 4.78 is 1.50. The molecule has 152 valence electrons. The Morgan fingerprint density at radius 2 is 1.97 bits per heavy atom. The summed E-state index contributed by atoms with van der Waals surface area (Å²) in [6, 6.07) is 9.83. The van der Waals surface area contributed by atoms with Crippen molar-refractivity contribution in [2.75, 3.05) is 18.4 Å². The third-order valence-electron chi connectivity index (χ3n) is 5.55. The van der Waals surface area contributed by atoms with E-state index in [1.54, 1.807) is 6.07 Å². The number of rotatable bonds is 6. The van der Waals surface area contributed by atoms with Crippen LogP contribution in [0.4, 0.5) is 5.69 Å². The number of fused-ring (bicyclic) bond motifs is 1. The van der Waals surface area contributed by atoms with E-state index in [0.29, 0.717) is 11.9 Å². The fourth-order valence-electron chi connectivity index (χ4n) is 3.67. The average Bonchev–Trinajstić information content (AvgIpc) is 3.20. The van der Waals surface area contributed by atoms with Crippen LogP contribution in [0.15, 0.2) is 46.8 Å². The van der Waals surface area contributed by atoms with Gasteiger partial charge in [-0.25, -0.2) is 4.98 Å². The van der Waals surface area contributed by atoms with Gasteiger partial charge < -0.3 is 5.32 Å². The maximum atomic E-state index is 12.4. The number of hydrogen-bond acceptors (Lipinski definition) is 5. The first kappa shape index (κ1) is 19.8. The Morgan fingerprint density at radius 3 is 2.72 bits per heavy atom. The molecular formula is C22H26N4O2S. The van der Waals surface area contributed by atoms with Gasteiger partial charge in [0.2, 0.25) is 5.91 Å². The molecular weight excluding hydrogens is 384 g/mol. The van der Waals surface area contributed by atoms with E-state index in [1.807, 2.05) is 17.5 Å². The van der Waals surface area contributed by atoms with Crippen LogP contribution in [0.25, 0.3) is 10.2 Å². The number of aromatic nitrogens is 2. The Bertz CT molecular complexity index is 1030. The smallest absolute Gasteiger partial charge is 0.262 e. The lowest BCUT2D eigenvalue weighted by atomic mass is 9.99. The topological polar surface area (TPSA) is 67.2 Å². The Morgan fingerprint density at radius 1 is 1.21 bits per heavy atom. The van der Waals surface area contributed by atoms with Crippen molar-refractivity contribution in [1.82, 2.24) is 14.5 Å². The average molecular weight is 411 g/mol. The third kappa shape index (κ3) is 4.92. The molecule has 0 bridgehead atoms. The van der Waals surface area contributed by atoms with Gasteiger partial charge >= 0.3 is 0 Å². The summed E-state index contributed by atoms with van der Waals surface area (Å²) in [6.07, 6.45) is 4.29. The summed E-state index contributed by atoms with van der Waals surface area (Å²) in [4.78, 5) is 32.2. The Balaban J connectivity index is 1.29. The molecule has 0 spiro atoms. The van der Waals surface area contributed by atoms with Crippen molar-refractivity contribution in [2.24, 2.45) is 5.92 Å². The monoisotopic (exact) mass is 410 g/mol. The number of aryl methyl sites for hydroxylation is 1. The summed E-state index contributed by atoms with van der Waals surface area (Å²) >= 11 is 1.44. The molecule has 1 amide bonds. The van der Waals surface area contributed by atoms with Crippen molar-refractivity contribution in [3.05, 3.63) is 58.0 Å². The largest absolute Gasteiger partial charge is 0.326 e. The van der Waals surface area contributed by atoms with E-state index in [1.165, 1.54) is 40.6 Å². The van der Waals surface area contributed by atoms with Crippen molar-refractivity contribution >= 4 is 33.1 Å². The molecule has 29 heavy (non-hydrogen) atoms. The van der Waals surface area contributed by atoms with Crippen molar-refractivity contribution < 1.29 is 4.79 Å². The SMILES string of the molecule is CC1CCN(Cc2ccc(NC(=O)CCn3cnc4sccc4c3=O)cc2)CC1. The first-order chi connectivity index (χ1) is 14.1. The number of benzene rings is 1. The number of amides is 1. The molecule has 3 heterocycles. The first-order valence-corrected chi connectivity index (χ1v) is 11.0. The van der Waals surface area contributed by atoms with E-state index >= 15 is 0 Å². The van der Waals surface area contributed by atoms with Crippen LogP contribution in [0.3, 0.4) is 0 Å². The van der Waals surface area contributed by atoms with Gasteiger partial charge in [0.25, 0.3) is 5.56 Å². The van der Waals surface area contributed by atoms with Gasteiger partial charge in [-0.3, -0.25) is 19.1 Å². The summed E-state index contributed by atoms with van der Waals surface area (Å²) in [5, 5.41) is 5.37. The molecule has 0 atom stereocenters. The van der Waals surface area contributed by atoms with Gasteiger partial charge in [0.1, 0.15) is 4.83 Å². The number of likely N-dealkylation sites (tertiary alicyclic amines) is 1. The molecule has 3 aromatic rings. The van der Waals surface area contributed by atoms with Crippen LogP contribution in [-0.2, 0) is 17.9 Å². The van der Waals surface area contributed by atoms with Crippen molar-refractivity contribution in [3.8, 4) is 0 Å². The fourth-order valence-corrected chi connectivity index (χ4v) is 4.39. The molecule has 6 nitrogen and oxygen atoms in total. The highest BCUT2D eigenvalue weighted by Crippen LogP contribution is 2.19. The van der Waals surface area contributed by atoms with Gasteiger partial charge in [-0.05, 0) is 61.0 Å². The predicted octanol–water partition coefficient (Wildman–Crippen LogP) is 3.72. The number of thiophene rings is 1. The summed E-state index contributed by atoms with van der Waals surface area (Å²) in [5.41, 5.74) is 1.95. The molecule has 0 unspecified atom stereocenters. The molecule has 7 heteroatoms. The van der Waals surface area contributed by atoms with Gasteiger partial charge in [0.05, 0.1) is 11.7 Å². The molecule has 1 fully saturated rings. The minimum atomic E-state index is -0.111. The normalized spacial score (nSPS) is 15.6. The second kappa shape index (κ2) is 8.88. The molecule has 0 saturated carbocycles. The highest BCUT2D eigenvalue weighted by molar-refractivity contribution is 7.16. The second-order valence-corrected chi connectivity index (χ2v) is 8.73. The van der Waals surface area contributed by atoms with Crippen LogP contribution < -0.4 is 10.9 Å². The van der Waals surface area contributed by atoms with Crippen LogP contribution in [0.5, 0.6) is 0 Å². The number of carbonyl (C=O) groups is 1. The van der Waals surface area contributed by atoms with Crippen LogP contribution in [0.2, 0.25) is 0 Å². The molecule has 2 aromatic heterocycles. The fraction of sp³-hybridized carbons (Fsp3) is 0.409. The quantitative estimate of drug-likeness (QED) is 0.673. The lowest BCUT2D eigenvalue weighted by molar-refractivity contribution is -0.116. The number of carbonyl (C=O) groups excluding carboxylic acids is 1. The number of nitrogens with zero attached hydrogens (tertiary/aromatic N) is 3. The van der Waals surface area contributed by atoms with Crippen LogP contribution in [0, 0.1) is 5.92 Å². The molecule has 1 saturated heterocycles. The number of hydrogen-bond donors (Lipinski definition) is 1. The van der Waals surface area contributed by atoms with Crippen LogP contribution in [0.1, 0.15) is 31.7 Å². The maximum Gasteiger partial charge on any atom is 0.262 e. The predicted molar refractivity (Wildman–Crippen MR) is 117 cm³/mol. The molecule has 1 aliphatic rings. The van der Waals surface area contributed by atoms with Crippen LogP contribution in [-0.4, -0.2) is 33.4 Å². The Kier molecular flexibility index (Phi) is 6.06. The number of anilines is 1. The summed E-state index contributed by atoms with van der Waals surface area (Å²) in [6.45, 7) is 5.91. The summed E-state index contributed by atoms with van der Waals surface area (Å²) in [5.74, 6) is 0.725. The van der Waals surface area contributed by atoms with Crippen molar-refractivity contribution in [2.45, 2.75) is 39.3 Å². The standard InChI is InChI=1S/C22H26N4O2S/c1-16-6-10-25(11-7-16)14-17-2-4-18(5-3-17)24-20(27)8-12-26-15-23-21-19(22(26)28)9-13-29-21/h2-5,9,13,15-16H,6-8,10-12,14H2,1H3,(H,24,27). The zero-order valence-corrected chi connectivity index (χ0v) is 17.5. The van der Waals surface area contributed by atoms with Gasteiger partial charge in [-0.15, -0.1) is 11.3 Å². The maximum absolute atomic E-state index is 12.4. The molecule has 1 N–H and O–H groups in total.